The van der Waals surface area contributed by atoms with Gasteiger partial charge in [0.1, 0.15) is 5.84 Å². The quantitative estimate of drug-likeness (QED) is 0.341. The summed E-state index contributed by atoms with van der Waals surface area (Å²) in [5.74, 6) is 0.972. The molecule has 0 spiro atoms. The van der Waals surface area contributed by atoms with Crippen LogP contribution in [0.4, 0.5) is 5.69 Å². The summed E-state index contributed by atoms with van der Waals surface area (Å²) < 4.78 is 5.38. The van der Waals surface area contributed by atoms with Crippen molar-refractivity contribution in [2.24, 2.45) is 9.98 Å². The molecule has 0 aromatic heterocycles. The van der Waals surface area contributed by atoms with Gasteiger partial charge in [0.2, 0.25) is 0 Å². The highest BCUT2D eigenvalue weighted by molar-refractivity contribution is 6.03. The Bertz CT molecular complexity index is 806. The first kappa shape index (κ1) is 23.9. The van der Waals surface area contributed by atoms with Crippen LogP contribution in [0.25, 0.3) is 0 Å². The maximum absolute atomic E-state index is 12.5. The second-order valence-electron chi connectivity index (χ2n) is 8.39. The average Bonchev–Trinajstić information content (AvgIpc) is 3.35. The Hall–Kier alpha value is -2.71. The first-order valence-electron chi connectivity index (χ1n) is 11.4. The molecule has 32 heavy (non-hydrogen) atoms. The van der Waals surface area contributed by atoms with Gasteiger partial charge in [-0.15, -0.1) is 0 Å². The van der Waals surface area contributed by atoms with Gasteiger partial charge >= 0.3 is 0 Å². The highest BCUT2D eigenvalue weighted by Crippen LogP contribution is 2.18. The summed E-state index contributed by atoms with van der Waals surface area (Å²) in [5, 5.41) is 3.52. The molecule has 0 radical (unpaired) electrons. The van der Waals surface area contributed by atoms with Crippen LogP contribution in [0, 0.1) is 0 Å². The van der Waals surface area contributed by atoms with Gasteiger partial charge < -0.3 is 19.9 Å². The van der Waals surface area contributed by atoms with Gasteiger partial charge in [-0.25, -0.2) is 0 Å². The number of rotatable bonds is 10. The van der Waals surface area contributed by atoms with Crippen molar-refractivity contribution in [1.29, 1.82) is 0 Å². The fourth-order valence-corrected chi connectivity index (χ4v) is 3.90. The third-order valence-electron chi connectivity index (χ3n) is 5.73. The first-order valence-corrected chi connectivity index (χ1v) is 11.4. The third kappa shape index (κ3) is 6.90. The number of amides is 1. The van der Waals surface area contributed by atoms with Gasteiger partial charge in [0.25, 0.3) is 5.91 Å². The van der Waals surface area contributed by atoms with E-state index < -0.39 is 0 Å². The maximum atomic E-state index is 12.5. The predicted octanol–water partition coefficient (Wildman–Crippen LogP) is 1.75. The molecular formula is C24H36N6O2. The molecule has 0 bridgehead atoms. The lowest BCUT2D eigenvalue weighted by molar-refractivity contribution is -0.141. The van der Waals surface area contributed by atoms with Crippen molar-refractivity contribution in [2.75, 3.05) is 66.5 Å². The highest BCUT2D eigenvalue weighted by atomic mass is 16.5. The highest BCUT2D eigenvalue weighted by Gasteiger charge is 2.29. The molecule has 2 heterocycles. The van der Waals surface area contributed by atoms with Crippen LogP contribution in [0.2, 0.25) is 0 Å². The number of para-hydroxylation sites is 1. The summed E-state index contributed by atoms with van der Waals surface area (Å²) in [6.07, 6.45) is 4.89. The molecular weight excluding hydrogens is 404 g/mol. The number of nitrogens with zero attached hydrogens (tertiary/aromatic N) is 5. The Morgan fingerprint density at radius 1 is 1.25 bits per heavy atom. The minimum Gasteiger partial charge on any atom is -0.488 e. The second-order valence-corrected chi connectivity index (χ2v) is 8.39. The van der Waals surface area contributed by atoms with E-state index in [1.54, 1.807) is 6.26 Å². The Morgan fingerprint density at radius 2 is 2.03 bits per heavy atom. The molecule has 1 saturated heterocycles. The van der Waals surface area contributed by atoms with Crippen molar-refractivity contribution in [3.63, 3.8) is 0 Å². The van der Waals surface area contributed by atoms with Gasteiger partial charge in [-0.05, 0) is 52.0 Å². The van der Waals surface area contributed by atoms with Crippen LogP contribution < -0.4 is 5.32 Å². The van der Waals surface area contributed by atoms with Crippen molar-refractivity contribution in [3.8, 4) is 0 Å². The maximum Gasteiger partial charge on any atom is 0.264 e. The number of ether oxygens (including phenoxy) is 1. The van der Waals surface area contributed by atoms with Gasteiger partial charge in [0.05, 0.1) is 11.9 Å². The van der Waals surface area contributed by atoms with Crippen LogP contribution in [0.5, 0.6) is 0 Å². The Balaban J connectivity index is 1.49. The van der Waals surface area contributed by atoms with Crippen molar-refractivity contribution in [3.05, 3.63) is 42.2 Å². The molecule has 8 nitrogen and oxygen atoms in total. The summed E-state index contributed by atoms with van der Waals surface area (Å²) in [7, 11) is 4.15. The SMILES string of the molecule is C=Nc1ccccc1C(=NCCCN(C)C)NCCN1CCN(C(=O)C2CC=CO2)CC1. The molecule has 0 saturated carbocycles. The summed E-state index contributed by atoms with van der Waals surface area (Å²) >= 11 is 0. The Morgan fingerprint density at radius 3 is 2.72 bits per heavy atom. The molecule has 3 rings (SSSR count). The van der Waals surface area contributed by atoms with Gasteiger partial charge in [0.15, 0.2) is 6.10 Å². The van der Waals surface area contributed by atoms with Crippen LogP contribution in [-0.4, -0.2) is 106 Å². The molecule has 1 N–H and O–H groups in total. The number of carbonyl (C=O) groups is 1. The van der Waals surface area contributed by atoms with Crippen LogP contribution >= 0.6 is 0 Å². The number of amidine groups is 1. The van der Waals surface area contributed by atoms with Crippen molar-refractivity contribution < 1.29 is 9.53 Å². The smallest absolute Gasteiger partial charge is 0.264 e. The molecule has 1 atom stereocenters. The molecule has 0 aliphatic carbocycles. The van der Waals surface area contributed by atoms with Crippen molar-refractivity contribution in [2.45, 2.75) is 18.9 Å². The fourth-order valence-electron chi connectivity index (χ4n) is 3.90. The number of nitrogens with one attached hydrogen (secondary N) is 1. The van der Waals surface area contributed by atoms with Gasteiger partial charge in [-0.2, -0.15) is 0 Å². The van der Waals surface area contributed by atoms with E-state index in [-0.39, 0.29) is 12.0 Å². The minimum absolute atomic E-state index is 0.105. The summed E-state index contributed by atoms with van der Waals surface area (Å²) in [6.45, 7) is 10.4. The summed E-state index contributed by atoms with van der Waals surface area (Å²) in [6, 6.07) is 7.96. The molecule has 2 aliphatic rings. The minimum atomic E-state index is -0.326. The van der Waals surface area contributed by atoms with Crippen LogP contribution in [0.15, 0.2) is 46.6 Å². The second kappa shape index (κ2) is 12.4. The molecule has 1 unspecified atom stereocenters. The van der Waals surface area contributed by atoms with Crippen molar-refractivity contribution >= 4 is 24.1 Å². The van der Waals surface area contributed by atoms with Crippen LogP contribution in [0.3, 0.4) is 0 Å². The van der Waals surface area contributed by atoms with E-state index >= 15 is 0 Å². The van der Waals surface area contributed by atoms with E-state index in [0.29, 0.717) is 6.42 Å². The standard InChI is InChI=1S/C24H36N6O2/c1-25-21-9-5-4-8-20(21)23(26-11-7-13-28(2)3)27-12-14-29-15-17-30(18-16-29)24(31)22-10-6-19-32-22/h4-6,8-9,19,22H,1,7,10-18H2,2-3H3,(H,26,27). The van der Waals surface area contributed by atoms with Crippen LogP contribution in [-0.2, 0) is 9.53 Å². The number of benzene rings is 1. The molecule has 1 aromatic rings. The number of piperazine rings is 1. The molecule has 8 heteroatoms. The summed E-state index contributed by atoms with van der Waals surface area (Å²) in [4.78, 5) is 28.0. The van der Waals surface area contributed by atoms with E-state index in [1.807, 2.05) is 35.2 Å². The number of carbonyl (C=O) groups excluding carboxylic acids is 1. The van der Waals surface area contributed by atoms with Gasteiger partial charge in [-0.3, -0.25) is 19.7 Å². The lowest BCUT2D eigenvalue weighted by Gasteiger charge is -2.35. The average molecular weight is 441 g/mol. The number of hydrogen-bond donors (Lipinski definition) is 1. The molecule has 2 aliphatic heterocycles. The van der Waals surface area contributed by atoms with Crippen LogP contribution in [0.1, 0.15) is 18.4 Å². The lowest BCUT2D eigenvalue weighted by Crippen LogP contribution is -2.52. The molecule has 174 valence electrons. The zero-order valence-corrected chi connectivity index (χ0v) is 19.4. The number of aliphatic imine (C=N–C) groups is 2. The molecule has 1 fully saturated rings. The van der Waals surface area contributed by atoms with E-state index in [4.69, 9.17) is 9.73 Å². The largest absolute Gasteiger partial charge is 0.488 e. The van der Waals surface area contributed by atoms with E-state index in [9.17, 15) is 4.79 Å². The normalized spacial score (nSPS) is 19.3. The molecule has 1 amide bonds. The zero-order chi connectivity index (χ0) is 22.8. The predicted molar refractivity (Wildman–Crippen MR) is 130 cm³/mol. The fraction of sp³-hybridized carbons (Fsp3) is 0.542. The first-order chi connectivity index (χ1) is 15.6. The third-order valence-corrected chi connectivity index (χ3v) is 5.73. The Kier molecular flexibility index (Phi) is 9.25. The molecule has 1 aromatic carbocycles. The topological polar surface area (TPSA) is 72.8 Å². The lowest BCUT2D eigenvalue weighted by atomic mass is 10.1. The Labute approximate surface area is 191 Å². The number of hydrogen-bond acceptors (Lipinski definition) is 6. The monoisotopic (exact) mass is 440 g/mol. The van der Waals surface area contributed by atoms with Gasteiger partial charge in [0, 0.05) is 57.8 Å². The zero-order valence-electron chi connectivity index (χ0n) is 19.4. The van der Waals surface area contributed by atoms with Crippen molar-refractivity contribution in [1.82, 2.24) is 20.0 Å². The van der Waals surface area contributed by atoms with E-state index in [2.05, 4.69) is 40.9 Å². The van der Waals surface area contributed by atoms with E-state index in [0.717, 1.165) is 75.9 Å². The van der Waals surface area contributed by atoms with E-state index in [1.165, 1.54) is 0 Å². The summed E-state index contributed by atoms with van der Waals surface area (Å²) in [5.41, 5.74) is 1.81. The van der Waals surface area contributed by atoms with Gasteiger partial charge in [-0.1, -0.05) is 12.1 Å².